The summed E-state index contributed by atoms with van der Waals surface area (Å²) in [6.07, 6.45) is 0.870. The molecule has 1 aromatic heterocycles. The van der Waals surface area contributed by atoms with Crippen LogP contribution in [0.5, 0.6) is 0 Å². The maximum absolute atomic E-state index is 4.77. The second kappa shape index (κ2) is 6.39. The third-order valence-electron chi connectivity index (χ3n) is 4.09. The van der Waals surface area contributed by atoms with E-state index in [0.29, 0.717) is 6.04 Å². The minimum absolute atomic E-state index is 0.561. The van der Waals surface area contributed by atoms with Gasteiger partial charge in [-0.05, 0) is 27.8 Å². The Balaban J connectivity index is 2.32. The van der Waals surface area contributed by atoms with Gasteiger partial charge in [0.15, 0.2) is 0 Å². The number of piperazine rings is 1. The van der Waals surface area contributed by atoms with Gasteiger partial charge >= 0.3 is 0 Å². The van der Waals surface area contributed by atoms with Gasteiger partial charge in [-0.25, -0.2) is 9.97 Å². The minimum Gasteiger partial charge on any atom is -0.370 e. The number of aryl methyl sites for hydroxylation is 1. The number of hydrogen-bond acceptors (Lipinski definition) is 5. The first-order valence-corrected chi connectivity index (χ1v) is 7.63. The molecular weight excluding hydrogens is 250 g/mol. The van der Waals surface area contributed by atoms with Gasteiger partial charge in [0, 0.05) is 44.2 Å². The number of nitrogens with one attached hydrogen (secondary N) is 1. The van der Waals surface area contributed by atoms with Gasteiger partial charge in [-0.3, -0.25) is 0 Å². The van der Waals surface area contributed by atoms with Crippen LogP contribution in [0, 0.1) is 6.92 Å². The van der Waals surface area contributed by atoms with Crippen molar-refractivity contribution in [3.63, 3.8) is 0 Å². The second-order valence-electron chi connectivity index (χ2n) is 5.60. The predicted octanol–water partition coefficient (Wildman–Crippen LogP) is 1.92. The summed E-state index contributed by atoms with van der Waals surface area (Å²) < 4.78 is 0. The first-order valence-electron chi connectivity index (χ1n) is 7.63. The number of rotatable bonds is 4. The molecule has 1 aliphatic rings. The lowest BCUT2D eigenvalue weighted by Crippen LogP contribution is -2.50. The number of nitrogens with zero attached hydrogens (tertiary/aromatic N) is 4. The molecule has 1 atom stereocenters. The Labute approximate surface area is 122 Å². The van der Waals surface area contributed by atoms with E-state index in [4.69, 9.17) is 4.98 Å². The van der Waals surface area contributed by atoms with Crippen LogP contribution < -0.4 is 10.2 Å². The summed E-state index contributed by atoms with van der Waals surface area (Å²) in [5.74, 6) is 3.02. The third-order valence-corrected chi connectivity index (χ3v) is 4.09. The quantitative estimate of drug-likeness (QED) is 0.911. The Morgan fingerprint density at radius 2 is 2.00 bits per heavy atom. The molecule has 0 amide bonds. The maximum atomic E-state index is 4.77. The lowest BCUT2D eigenvalue weighted by Gasteiger charge is -2.39. The summed E-state index contributed by atoms with van der Waals surface area (Å²) in [4.78, 5) is 14.2. The molecule has 0 bridgehead atoms. The molecule has 112 valence electrons. The largest absolute Gasteiger partial charge is 0.370 e. The Hall–Kier alpha value is -1.36. The topological polar surface area (TPSA) is 44.3 Å². The van der Waals surface area contributed by atoms with Crippen LogP contribution in [0.4, 0.5) is 11.6 Å². The van der Waals surface area contributed by atoms with Crippen molar-refractivity contribution in [2.75, 3.05) is 43.4 Å². The maximum Gasteiger partial charge on any atom is 0.137 e. The average molecular weight is 277 g/mol. The Kier molecular flexibility index (Phi) is 4.81. The van der Waals surface area contributed by atoms with E-state index in [0.717, 1.165) is 50.1 Å². The molecule has 1 saturated heterocycles. The van der Waals surface area contributed by atoms with Gasteiger partial charge in [-0.2, -0.15) is 0 Å². The summed E-state index contributed by atoms with van der Waals surface area (Å²) in [5.41, 5.74) is 1.17. The van der Waals surface area contributed by atoms with Gasteiger partial charge in [0.25, 0.3) is 0 Å². The highest BCUT2D eigenvalue weighted by molar-refractivity contribution is 5.59. The summed E-state index contributed by atoms with van der Waals surface area (Å²) in [7, 11) is 2.19. The molecular formula is C15H27N5. The summed E-state index contributed by atoms with van der Waals surface area (Å²) in [5, 5.41) is 3.36. The number of anilines is 2. The van der Waals surface area contributed by atoms with Crippen molar-refractivity contribution < 1.29 is 0 Å². The van der Waals surface area contributed by atoms with Gasteiger partial charge in [0.2, 0.25) is 0 Å². The van der Waals surface area contributed by atoms with Crippen molar-refractivity contribution in [2.24, 2.45) is 0 Å². The molecule has 1 aliphatic heterocycles. The molecule has 20 heavy (non-hydrogen) atoms. The molecule has 0 spiro atoms. The van der Waals surface area contributed by atoms with Crippen LogP contribution in [-0.4, -0.2) is 54.1 Å². The monoisotopic (exact) mass is 277 g/mol. The zero-order valence-corrected chi connectivity index (χ0v) is 13.4. The summed E-state index contributed by atoms with van der Waals surface area (Å²) in [6.45, 7) is 12.6. The van der Waals surface area contributed by atoms with E-state index < -0.39 is 0 Å². The fourth-order valence-electron chi connectivity index (χ4n) is 2.60. The first kappa shape index (κ1) is 15.0. The van der Waals surface area contributed by atoms with Crippen LogP contribution in [0.15, 0.2) is 0 Å². The zero-order valence-electron chi connectivity index (χ0n) is 13.4. The minimum atomic E-state index is 0.561. The van der Waals surface area contributed by atoms with Crippen LogP contribution in [0.3, 0.4) is 0 Å². The van der Waals surface area contributed by atoms with E-state index in [9.17, 15) is 0 Å². The standard InChI is InChI=1S/C15H27N5/c1-6-13-17-14(16-7-2)12(4)15(18-13)20-9-8-19(5)11(3)10-20/h11H,6-10H2,1-5H3,(H,16,17,18). The highest BCUT2D eigenvalue weighted by Crippen LogP contribution is 2.25. The van der Waals surface area contributed by atoms with Gasteiger partial charge in [0.05, 0.1) is 0 Å². The van der Waals surface area contributed by atoms with Gasteiger partial charge in [0.1, 0.15) is 17.5 Å². The molecule has 0 saturated carbocycles. The molecule has 2 rings (SSSR count). The molecule has 5 heteroatoms. The van der Waals surface area contributed by atoms with E-state index in [1.54, 1.807) is 0 Å². The van der Waals surface area contributed by atoms with Gasteiger partial charge < -0.3 is 15.1 Å². The lowest BCUT2D eigenvalue weighted by atomic mass is 10.2. The van der Waals surface area contributed by atoms with E-state index >= 15 is 0 Å². The normalized spacial score (nSPS) is 20.2. The Morgan fingerprint density at radius 1 is 1.25 bits per heavy atom. The van der Waals surface area contributed by atoms with Crippen LogP contribution in [0.2, 0.25) is 0 Å². The Morgan fingerprint density at radius 3 is 2.60 bits per heavy atom. The molecule has 1 aromatic rings. The van der Waals surface area contributed by atoms with Crippen LogP contribution in [0.25, 0.3) is 0 Å². The van der Waals surface area contributed by atoms with Gasteiger partial charge in [-0.1, -0.05) is 6.92 Å². The molecule has 2 heterocycles. The average Bonchev–Trinajstić information content (AvgIpc) is 2.44. The van der Waals surface area contributed by atoms with Crippen LogP contribution in [0.1, 0.15) is 32.2 Å². The van der Waals surface area contributed by atoms with Crippen molar-refractivity contribution >= 4 is 11.6 Å². The molecule has 1 N–H and O–H groups in total. The molecule has 0 aliphatic carbocycles. The van der Waals surface area contributed by atoms with E-state index in [2.05, 4.69) is 54.8 Å². The van der Waals surface area contributed by atoms with Crippen molar-refractivity contribution in [3.05, 3.63) is 11.4 Å². The highest BCUT2D eigenvalue weighted by Gasteiger charge is 2.24. The molecule has 1 fully saturated rings. The van der Waals surface area contributed by atoms with Crippen molar-refractivity contribution in [2.45, 2.75) is 40.2 Å². The summed E-state index contributed by atoms with van der Waals surface area (Å²) >= 11 is 0. The van der Waals surface area contributed by atoms with Gasteiger partial charge in [-0.15, -0.1) is 0 Å². The fraction of sp³-hybridized carbons (Fsp3) is 0.733. The van der Waals surface area contributed by atoms with Crippen molar-refractivity contribution in [1.29, 1.82) is 0 Å². The molecule has 0 radical (unpaired) electrons. The van der Waals surface area contributed by atoms with Crippen molar-refractivity contribution in [1.82, 2.24) is 14.9 Å². The molecule has 1 unspecified atom stereocenters. The lowest BCUT2D eigenvalue weighted by molar-refractivity contribution is 0.233. The molecule has 0 aromatic carbocycles. The van der Waals surface area contributed by atoms with Crippen molar-refractivity contribution in [3.8, 4) is 0 Å². The second-order valence-corrected chi connectivity index (χ2v) is 5.60. The first-order chi connectivity index (χ1) is 9.56. The van der Waals surface area contributed by atoms with E-state index in [1.807, 2.05) is 0 Å². The number of likely N-dealkylation sites (N-methyl/N-ethyl adjacent to an activating group) is 1. The smallest absolute Gasteiger partial charge is 0.137 e. The number of hydrogen-bond donors (Lipinski definition) is 1. The summed E-state index contributed by atoms with van der Waals surface area (Å²) in [6, 6.07) is 0.561. The highest BCUT2D eigenvalue weighted by atomic mass is 15.3. The van der Waals surface area contributed by atoms with E-state index in [-0.39, 0.29) is 0 Å². The molecule has 5 nitrogen and oxygen atoms in total. The zero-order chi connectivity index (χ0) is 14.7. The Bertz CT molecular complexity index is 460. The predicted molar refractivity (Wildman–Crippen MR) is 84.6 cm³/mol. The fourth-order valence-corrected chi connectivity index (χ4v) is 2.60. The SMILES string of the molecule is CCNc1nc(CC)nc(N2CCN(C)C(C)C2)c1C. The van der Waals surface area contributed by atoms with Crippen LogP contribution >= 0.6 is 0 Å². The number of aromatic nitrogens is 2. The third kappa shape index (κ3) is 3.03. The van der Waals surface area contributed by atoms with E-state index in [1.165, 1.54) is 5.56 Å². The van der Waals surface area contributed by atoms with Crippen LogP contribution in [-0.2, 0) is 6.42 Å².